The maximum Gasteiger partial charge on any atom is 0.328 e. The fourth-order valence-electron chi connectivity index (χ4n) is 1.98. The Bertz CT molecular complexity index is 840. The summed E-state index contributed by atoms with van der Waals surface area (Å²) in [5.74, 6) is -1.75. The van der Waals surface area contributed by atoms with Gasteiger partial charge in [-0.2, -0.15) is 0 Å². The summed E-state index contributed by atoms with van der Waals surface area (Å²) in [4.78, 5) is 39.4. The van der Waals surface area contributed by atoms with Gasteiger partial charge in [-0.25, -0.2) is 9.78 Å². The molecule has 2 aromatic rings. The van der Waals surface area contributed by atoms with Crippen molar-refractivity contribution in [2.45, 2.75) is 13.0 Å². The molecule has 2 rings (SSSR count). The first-order chi connectivity index (χ1) is 13.0. The highest BCUT2D eigenvalue weighted by Gasteiger charge is 2.17. The summed E-state index contributed by atoms with van der Waals surface area (Å²) < 4.78 is 4.89. The molecule has 1 aromatic heterocycles. The number of amides is 2. The van der Waals surface area contributed by atoms with Crippen LogP contribution >= 0.6 is 11.6 Å². The molecule has 140 valence electrons. The first kappa shape index (κ1) is 20.1. The van der Waals surface area contributed by atoms with E-state index in [0.717, 1.165) is 5.56 Å². The van der Waals surface area contributed by atoms with E-state index in [2.05, 4.69) is 15.6 Å². The largest absolute Gasteiger partial charge is 0.454 e. The van der Waals surface area contributed by atoms with Gasteiger partial charge in [0.1, 0.15) is 6.04 Å². The number of ether oxygens (including phenoxy) is 1. The molecule has 0 aliphatic rings. The molecule has 1 heterocycles. The quantitative estimate of drug-likeness (QED) is 0.432. The third kappa shape index (κ3) is 6.91. The Hall–Kier alpha value is -3.19. The highest BCUT2D eigenvalue weighted by molar-refractivity contribution is 6.32. The van der Waals surface area contributed by atoms with Gasteiger partial charge in [-0.1, -0.05) is 41.9 Å². The van der Waals surface area contributed by atoms with E-state index in [-0.39, 0.29) is 5.15 Å². The number of benzene rings is 1. The van der Waals surface area contributed by atoms with Crippen molar-refractivity contribution in [1.29, 1.82) is 0 Å². The zero-order valence-electron chi connectivity index (χ0n) is 14.5. The summed E-state index contributed by atoms with van der Waals surface area (Å²) in [6, 6.07) is 11.5. The summed E-state index contributed by atoms with van der Waals surface area (Å²) >= 11 is 5.83. The Kier molecular flexibility index (Phi) is 7.51. The highest BCUT2D eigenvalue weighted by atomic mass is 35.5. The molecule has 0 saturated heterocycles. The van der Waals surface area contributed by atoms with E-state index in [0.29, 0.717) is 5.69 Å². The fourth-order valence-corrected chi connectivity index (χ4v) is 2.15. The summed E-state index contributed by atoms with van der Waals surface area (Å²) in [5.41, 5.74) is 1.17. The van der Waals surface area contributed by atoms with Crippen LogP contribution < -0.4 is 10.6 Å². The minimum absolute atomic E-state index is 0.128. The van der Waals surface area contributed by atoms with Gasteiger partial charge >= 0.3 is 5.97 Å². The van der Waals surface area contributed by atoms with Crippen LogP contribution in [0.4, 0.5) is 5.69 Å². The Morgan fingerprint density at radius 2 is 1.93 bits per heavy atom. The second kappa shape index (κ2) is 10.1. The maximum atomic E-state index is 11.9. The number of hydrogen-bond acceptors (Lipinski definition) is 5. The number of halogens is 1. The van der Waals surface area contributed by atoms with Gasteiger partial charge in [-0.15, -0.1) is 0 Å². The number of aromatic nitrogens is 1. The van der Waals surface area contributed by atoms with Crippen molar-refractivity contribution in [2.24, 2.45) is 0 Å². The molecule has 2 N–H and O–H groups in total. The SMILES string of the molecule is C[C@H](NC(=O)/C=C/c1ccccc1)C(=O)OCC(=O)Nc1cccnc1Cl. The Morgan fingerprint density at radius 3 is 2.63 bits per heavy atom. The number of pyridine rings is 1. The zero-order valence-corrected chi connectivity index (χ0v) is 15.3. The number of anilines is 1. The molecule has 0 saturated carbocycles. The van der Waals surface area contributed by atoms with Crippen molar-refractivity contribution in [3.05, 3.63) is 65.5 Å². The smallest absolute Gasteiger partial charge is 0.328 e. The average molecular weight is 388 g/mol. The predicted molar refractivity (Wildman–Crippen MR) is 102 cm³/mol. The molecule has 2 amide bonds. The molecule has 0 bridgehead atoms. The number of hydrogen-bond donors (Lipinski definition) is 2. The van der Waals surface area contributed by atoms with Crippen molar-refractivity contribution < 1.29 is 19.1 Å². The van der Waals surface area contributed by atoms with Crippen LogP contribution in [0.5, 0.6) is 0 Å². The lowest BCUT2D eigenvalue weighted by Crippen LogP contribution is -2.39. The van der Waals surface area contributed by atoms with Crippen LogP contribution in [0.3, 0.4) is 0 Å². The standard InChI is InChI=1S/C19H18ClN3O4/c1-13(22-16(24)10-9-14-6-3-2-4-7-14)19(26)27-12-17(25)23-15-8-5-11-21-18(15)20/h2-11,13H,12H2,1H3,(H,22,24)(H,23,25)/b10-9+/t13-/m0/s1. The van der Waals surface area contributed by atoms with E-state index < -0.39 is 30.4 Å². The van der Waals surface area contributed by atoms with Crippen molar-refractivity contribution >= 4 is 41.1 Å². The van der Waals surface area contributed by atoms with Crippen LogP contribution in [0, 0.1) is 0 Å². The number of rotatable bonds is 7. The molecular formula is C19H18ClN3O4. The summed E-state index contributed by atoms with van der Waals surface area (Å²) in [6.45, 7) is 0.955. The second-order valence-corrected chi connectivity index (χ2v) is 5.83. The van der Waals surface area contributed by atoms with Crippen LogP contribution in [0.1, 0.15) is 12.5 Å². The molecule has 27 heavy (non-hydrogen) atoms. The number of nitrogens with one attached hydrogen (secondary N) is 2. The molecule has 0 aliphatic heterocycles. The van der Waals surface area contributed by atoms with E-state index in [1.807, 2.05) is 30.3 Å². The third-order valence-electron chi connectivity index (χ3n) is 3.32. The van der Waals surface area contributed by atoms with Crippen LogP contribution in [0.15, 0.2) is 54.7 Å². The first-order valence-corrected chi connectivity index (χ1v) is 8.44. The van der Waals surface area contributed by atoms with Gasteiger partial charge in [0.25, 0.3) is 5.91 Å². The van der Waals surface area contributed by atoms with Crippen LogP contribution in [0.2, 0.25) is 5.15 Å². The van der Waals surface area contributed by atoms with E-state index in [1.165, 1.54) is 19.2 Å². The molecule has 8 heteroatoms. The van der Waals surface area contributed by atoms with Gasteiger partial charge in [-0.3, -0.25) is 9.59 Å². The lowest BCUT2D eigenvalue weighted by atomic mass is 10.2. The van der Waals surface area contributed by atoms with Gasteiger partial charge in [0.15, 0.2) is 11.8 Å². The summed E-state index contributed by atoms with van der Waals surface area (Å²) in [6.07, 6.45) is 4.42. The average Bonchev–Trinajstić information content (AvgIpc) is 2.67. The van der Waals surface area contributed by atoms with Gasteiger partial charge in [0, 0.05) is 12.3 Å². The Balaban J connectivity index is 1.76. The van der Waals surface area contributed by atoms with Crippen molar-refractivity contribution in [3.8, 4) is 0 Å². The Labute approximate surface area is 161 Å². The third-order valence-corrected chi connectivity index (χ3v) is 3.62. The molecule has 1 atom stereocenters. The van der Waals surface area contributed by atoms with Crippen LogP contribution in [-0.2, 0) is 19.1 Å². The lowest BCUT2D eigenvalue weighted by Gasteiger charge is -2.12. The van der Waals surface area contributed by atoms with E-state index >= 15 is 0 Å². The van der Waals surface area contributed by atoms with Crippen molar-refractivity contribution in [3.63, 3.8) is 0 Å². The fraction of sp³-hybridized carbons (Fsp3) is 0.158. The monoisotopic (exact) mass is 387 g/mol. The normalized spacial score (nSPS) is 11.6. The molecular weight excluding hydrogens is 370 g/mol. The molecule has 0 unspecified atom stereocenters. The van der Waals surface area contributed by atoms with Gasteiger partial charge < -0.3 is 15.4 Å². The number of nitrogens with zero attached hydrogens (tertiary/aromatic N) is 1. The first-order valence-electron chi connectivity index (χ1n) is 8.06. The minimum atomic E-state index is -0.910. The Morgan fingerprint density at radius 1 is 1.19 bits per heavy atom. The zero-order chi connectivity index (χ0) is 19.6. The van der Waals surface area contributed by atoms with E-state index in [9.17, 15) is 14.4 Å². The summed E-state index contributed by atoms with van der Waals surface area (Å²) in [7, 11) is 0. The topological polar surface area (TPSA) is 97.4 Å². The van der Waals surface area contributed by atoms with E-state index in [1.54, 1.807) is 18.2 Å². The van der Waals surface area contributed by atoms with Crippen LogP contribution in [-0.4, -0.2) is 35.4 Å². The molecule has 0 aliphatic carbocycles. The minimum Gasteiger partial charge on any atom is -0.454 e. The lowest BCUT2D eigenvalue weighted by molar-refractivity contribution is -0.149. The number of carbonyl (C=O) groups excluding carboxylic acids is 3. The van der Waals surface area contributed by atoms with Gasteiger partial charge in [0.05, 0.1) is 5.69 Å². The maximum absolute atomic E-state index is 11.9. The van der Waals surface area contributed by atoms with Gasteiger partial charge in [0.2, 0.25) is 5.91 Å². The van der Waals surface area contributed by atoms with Crippen LogP contribution in [0.25, 0.3) is 6.08 Å². The molecule has 7 nitrogen and oxygen atoms in total. The summed E-state index contributed by atoms with van der Waals surface area (Å²) in [5, 5.41) is 5.07. The molecule has 0 radical (unpaired) electrons. The number of esters is 1. The van der Waals surface area contributed by atoms with Crippen molar-refractivity contribution in [2.75, 3.05) is 11.9 Å². The molecule has 0 fully saturated rings. The molecule has 0 spiro atoms. The predicted octanol–water partition coefficient (Wildman–Crippen LogP) is 2.43. The van der Waals surface area contributed by atoms with E-state index in [4.69, 9.17) is 16.3 Å². The molecule has 1 aromatic carbocycles. The second-order valence-electron chi connectivity index (χ2n) is 5.47. The highest BCUT2D eigenvalue weighted by Crippen LogP contribution is 2.17. The van der Waals surface area contributed by atoms with Crippen molar-refractivity contribution in [1.82, 2.24) is 10.3 Å². The number of carbonyl (C=O) groups is 3. The van der Waals surface area contributed by atoms with Gasteiger partial charge in [-0.05, 0) is 30.7 Å².